The molecule has 0 bridgehead atoms. The standard InChI is InChI=1S/C23H27ClN2O3/c1-14(2)15-5-7-16(8-6-15)20(27)12-25-21(28)13-26-19-10-9-17(24)11-18(19)23(3,4)22(26)29/h5-11,14,20,27H,12-13H2,1-4H3,(H,25,28). The fourth-order valence-electron chi connectivity index (χ4n) is 3.59. The Kier molecular flexibility index (Phi) is 6.01. The average molecular weight is 415 g/mol. The van der Waals surface area contributed by atoms with E-state index < -0.39 is 11.5 Å². The Bertz CT molecular complexity index is 922. The second kappa shape index (κ2) is 8.17. The maximum absolute atomic E-state index is 12.8. The van der Waals surface area contributed by atoms with Crippen molar-refractivity contribution in [3.05, 3.63) is 64.2 Å². The lowest BCUT2D eigenvalue weighted by atomic mass is 9.86. The van der Waals surface area contributed by atoms with Crippen LogP contribution in [0.1, 0.15) is 56.4 Å². The summed E-state index contributed by atoms with van der Waals surface area (Å²) in [5, 5.41) is 13.7. The highest BCUT2D eigenvalue weighted by Crippen LogP contribution is 2.42. The molecule has 2 aromatic rings. The summed E-state index contributed by atoms with van der Waals surface area (Å²) >= 11 is 6.08. The first-order valence-electron chi connectivity index (χ1n) is 9.78. The summed E-state index contributed by atoms with van der Waals surface area (Å²) in [6.07, 6.45) is -0.808. The number of rotatable bonds is 6. The third-order valence-corrected chi connectivity index (χ3v) is 5.72. The summed E-state index contributed by atoms with van der Waals surface area (Å²) in [5.74, 6) is -0.0505. The first kappa shape index (κ1) is 21.3. The molecular weight excluding hydrogens is 388 g/mol. The molecule has 1 unspecified atom stereocenters. The van der Waals surface area contributed by atoms with Gasteiger partial charge >= 0.3 is 0 Å². The maximum Gasteiger partial charge on any atom is 0.240 e. The van der Waals surface area contributed by atoms with Gasteiger partial charge in [-0.2, -0.15) is 0 Å². The predicted octanol–water partition coefficient (Wildman–Crippen LogP) is 3.94. The van der Waals surface area contributed by atoms with E-state index in [-0.39, 0.29) is 24.9 Å². The zero-order valence-corrected chi connectivity index (χ0v) is 18.0. The normalized spacial score (nSPS) is 16.1. The molecular formula is C23H27ClN2O3. The van der Waals surface area contributed by atoms with Crippen LogP contribution in [0.25, 0.3) is 0 Å². The van der Waals surface area contributed by atoms with Gasteiger partial charge in [0.15, 0.2) is 0 Å². The van der Waals surface area contributed by atoms with Gasteiger partial charge in [0.1, 0.15) is 6.54 Å². The van der Waals surface area contributed by atoms with Crippen molar-refractivity contribution in [1.29, 1.82) is 0 Å². The Labute approximate surface area is 176 Å². The van der Waals surface area contributed by atoms with Crippen LogP contribution in [0.5, 0.6) is 0 Å². The van der Waals surface area contributed by atoms with Crippen LogP contribution in [0, 0.1) is 0 Å². The minimum Gasteiger partial charge on any atom is -0.387 e. The van der Waals surface area contributed by atoms with Gasteiger partial charge in [-0.25, -0.2) is 0 Å². The number of aliphatic hydroxyl groups excluding tert-OH is 1. The molecule has 0 aromatic heterocycles. The number of amides is 2. The Morgan fingerprint density at radius 2 is 1.76 bits per heavy atom. The number of carbonyl (C=O) groups is 2. The number of halogens is 1. The minimum absolute atomic E-state index is 0.0821. The number of anilines is 1. The molecule has 1 aliphatic heterocycles. The Morgan fingerprint density at radius 1 is 1.14 bits per heavy atom. The molecule has 1 atom stereocenters. The van der Waals surface area contributed by atoms with Crippen LogP contribution in [0.2, 0.25) is 5.02 Å². The lowest BCUT2D eigenvalue weighted by molar-refractivity contribution is -0.125. The van der Waals surface area contributed by atoms with E-state index in [0.29, 0.717) is 16.6 Å². The average Bonchev–Trinajstić information content (AvgIpc) is 2.86. The molecule has 154 valence electrons. The first-order chi connectivity index (χ1) is 13.6. The molecule has 1 aliphatic rings. The maximum atomic E-state index is 12.8. The van der Waals surface area contributed by atoms with Gasteiger partial charge in [-0.3, -0.25) is 9.59 Å². The van der Waals surface area contributed by atoms with E-state index >= 15 is 0 Å². The Balaban J connectivity index is 1.63. The monoisotopic (exact) mass is 414 g/mol. The van der Waals surface area contributed by atoms with Gasteiger partial charge in [0, 0.05) is 17.3 Å². The lowest BCUT2D eigenvalue weighted by Gasteiger charge is -2.20. The van der Waals surface area contributed by atoms with Crippen LogP contribution in [-0.2, 0) is 15.0 Å². The predicted molar refractivity (Wildman–Crippen MR) is 115 cm³/mol. The molecule has 0 saturated carbocycles. The second-order valence-corrected chi connectivity index (χ2v) is 8.76. The van der Waals surface area contributed by atoms with Crippen LogP contribution in [0.3, 0.4) is 0 Å². The molecule has 29 heavy (non-hydrogen) atoms. The molecule has 0 aliphatic carbocycles. The topological polar surface area (TPSA) is 69.6 Å². The Hall–Kier alpha value is -2.37. The largest absolute Gasteiger partial charge is 0.387 e. The molecule has 2 aromatic carbocycles. The number of fused-ring (bicyclic) bond motifs is 1. The fraction of sp³-hybridized carbons (Fsp3) is 0.391. The zero-order valence-electron chi connectivity index (χ0n) is 17.2. The summed E-state index contributed by atoms with van der Waals surface area (Å²) in [5.41, 5.74) is 2.71. The third-order valence-electron chi connectivity index (χ3n) is 5.48. The third kappa shape index (κ3) is 4.31. The van der Waals surface area contributed by atoms with Crippen molar-refractivity contribution in [1.82, 2.24) is 5.32 Å². The molecule has 0 saturated heterocycles. The van der Waals surface area contributed by atoms with Crippen molar-refractivity contribution in [3.63, 3.8) is 0 Å². The quantitative estimate of drug-likeness (QED) is 0.752. The van der Waals surface area contributed by atoms with Crippen molar-refractivity contribution < 1.29 is 14.7 Å². The van der Waals surface area contributed by atoms with Gasteiger partial charge in [-0.15, -0.1) is 0 Å². The minimum atomic E-state index is -0.808. The number of benzene rings is 2. The molecule has 6 heteroatoms. The van der Waals surface area contributed by atoms with Gasteiger partial charge < -0.3 is 15.3 Å². The van der Waals surface area contributed by atoms with E-state index in [0.717, 1.165) is 11.1 Å². The highest BCUT2D eigenvalue weighted by Gasteiger charge is 2.44. The van der Waals surface area contributed by atoms with E-state index in [9.17, 15) is 14.7 Å². The molecule has 0 radical (unpaired) electrons. The summed E-state index contributed by atoms with van der Waals surface area (Å²) in [4.78, 5) is 26.8. The number of nitrogens with one attached hydrogen (secondary N) is 1. The number of aliphatic hydroxyl groups is 1. The second-order valence-electron chi connectivity index (χ2n) is 8.32. The van der Waals surface area contributed by atoms with E-state index in [4.69, 9.17) is 11.6 Å². The molecule has 2 amide bonds. The smallest absolute Gasteiger partial charge is 0.240 e. The molecule has 2 N–H and O–H groups in total. The van der Waals surface area contributed by atoms with E-state index in [1.165, 1.54) is 10.5 Å². The summed E-state index contributed by atoms with van der Waals surface area (Å²) in [7, 11) is 0. The molecule has 3 rings (SSSR count). The van der Waals surface area contributed by atoms with Gasteiger partial charge in [0.2, 0.25) is 11.8 Å². The number of carbonyl (C=O) groups excluding carboxylic acids is 2. The highest BCUT2D eigenvalue weighted by atomic mass is 35.5. The number of hydrogen-bond acceptors (Lipinski definition) is 3. The van der Waals surface area contributed by atoms with Crippen LogP contribution in [-0.4, -0.2) is 30.0 Å². The van der Waals surface area contributed by atoms with E-state index in [1.807, 2.05) is 38.1 Å². The molecule has 0 fully saturated rings. The van der Waals surface area contributed by atoms with E-state index in [2.05, 4.69) is 19.2 Å². The number of hydrogen-bond donors (Lipinski definition) is 2. The van der Waals surface area contributed by atoms with Gasteiger partial charge in [0.25, 0.3) is 0 Å². The zero-order chi connectivity index (χ0) is 21.3. The SMILES string of the molecule is CC(C)c1ccc(C(O)CNC(=O)CN2C(=O)C(C)(C)c3cc(Cl)ccc32)cc1. The van der Waals surface area contributed by atoms with Gasteiger partial charge in [0.05, 0.1) is 11.5 Å². The van der Waals surface area contributed by atoms with Crippen molar-refractivity contribution >= 4 is 29.1 Å². The molecule has 5 nitrogen and oxygen atoms in total. The van der Waals surface area contributed by atoms with Crippen LogP contribution in [0.4, 0.5) is 5.69 Å². The van der Waals surface area contributed by atoms with Crippen molar-refractivity contribution in [2.24, 2.45) is 0 Å². The van der Waals surface area contributed by atoms with Crippen molar-refractivity contribution in [3.8, 4) is 0 Å². The highest BCUT2D eigenvalue weighted by molar-refractivity contribution is 6.31. The van der Waals surface area contributed by atoms with Crippen LogP contribution >= 0.6 is 11.6 Å². The van der Waals surface area contributed by atoms with Crippen LogP contribution in [0.15, 0.2) is 42.5 Å². The van der Waals surface area contributed by atoms with Gasteiger partial charge in [-0.1, -0.05) is 49.7 Å². The molecule has 1 heterocycles. The number of nitrogens with zero attached hydrogens (tertiary/aromatic N) is 1. The fourth-order valence-corrected chi connectivity index (χ4v) is 3.77. The summed E-state index contributed by atoms with van der Waals surface area (Å²) < 4.78 is 0. The summed E-state index contributed by atoms with van der Waals surface area (Å²) in [6, 6.07) is 13.0. The van der Waals surface area contributed by atoms with Crippen LogP contribution < -0.4 is 10.2 Å². The lowest BCUT2D eigenvalue weighted by Crippen LogP contribution is -2.43. The van der Waals surface area contributed by atoms with Crippen molar-refractivity contribution in [2.75, 3.05) is 18.0 Å². The molecule has 0 spiro atoms. The van der Waals surface area contributed by atoms with E-state index in [1.54, 1.807) is 18.2 Å². The Morgan fingerprint density at radius 3 is 2.38 bits per heavy atom. The van der Waals surface area contributed by atoms with Crippen molar-refractivity contribution in [2.45, 2.75) is 45.1 Å². The first-order valence-corrected chi connectivity index (χ1v) is 10.2. The van der Waals surface area contributed by atoms with Gasteiger partial charge in [-0.05, 0) is 54.7 Å². The summed E-state index contributed by atoms with van der Waals surface area (Å²) in [6.45, 7) is 7.85.